The van der Waals surface area contributed by atoms with Gasteiger partial charge in [-0.2, -0.15) is 0 Å². The molecule has 3 saturated heterocycles. The maximum atomic E-state index is 11.7. The Morgan fingerprint density at radius 1 is 1.43 bits per heavy atom. The Labute approximate surface area is 81.4 Å². The molecule has 3 unspecified atom stereocenters. The fourth-order valence-corrected chi connectivity index (χ4v) is 2.81. The summed E-state index contributed by atoms with van der Waals surface area (Å²) in [4.78, 5) is 25.0. The fraction of sp³-hybridized carbons (Fsp3) is 0.778. The van der Waals surface area contributed by atoms with E-state index in [4.69, 9.17) is 4.74 Å². The smallest absolute Gasteiger partial charge is 0.415 e. The predicted molar refractivity (Wildman–Crippen MR) is 46.5 cm³/mol. The Bertz CT molecular complexity index is 317. The molecule has 0 aromatic carbocycles. The molecule has 0 aliphatic carbocycles. The molecule has 5 nitrogen and oxygen atoms in total. The van der Waals surface area contributed by atoms with Crippen LogP contribution in [0, 0.1) is 5.92 Å². The van der Waals surface area contributed by atoms with Crippen molar-refractivity contribution >= 4 is 12.0 Å². The number of amides is 2. The van der Waals surface area contributed by atoms with Gasteiger partial charge >= 0.3 is 6.09 Å². The van der Waals surface area contributed by atoms with E-state index in [1.807, 2.05) is 0 Å². The molecule has 2 bridgehead atoms. The number of nitrogens with one attached hydrogen (secondary N) is 1. The molecule has 3 atom stereocenters. The van der Waals surface area contributed by atoms with E-state index in [2.05, 4.69) is 10.2 Å². The van der Waals surface area contributed by atoms with Gasteiger partial charge in [-0.3, -0.25) is 10.1 Å². The molecule has 3 heterocycles. The van der Waals surface area contributed by atoms with Gasteiger partial charge in [0.2, 0.25) is 0 Å². The number of carbonyl (C=O) groups is 2. The summed E-state index contributed by atoms with van der Waals surface area (Å²) in [6.45, 7) is 2.77. The minimum absolute atomic E-state index is 0.197. The van der Waals surface area contributed by atoms with Gasteiger partial charge in [0.05, 0.1) is 0 Å². The molecule has 0 radical (unpaired) electrons. The average molecular weight is 196 g/mol. The number of carbonyl (C=O) groups excluding carboxylic acids is 2. The summed E-state index contributed by atoms with van der Waals surface area (Å²) in [7, 11) is 0. The molecule has 5 heteroatoms. The van der Waals surface area contributed by atoms with E-state index in [-0.39, 0.29) is 11.8 Å². The molecule has 0 saturated carbocycles. The van der Waals surface area contributed by atoms with Crippen molar-refractivity contribution < 1.29 is 14.3 Å². The lowest BCUT2D eigenvalue weighted by Crippen LogP contribution is -2.52. The summed E-state index contributed by atoms with van der Waals surface area (Å²) in [6.07, 6.45) is 1.03. The highest BCUT2D eigenvalue weighted by Gasteiger charge is 2.58. The number of ether oxygens (including phenoxy) is 1. The summed E-state index contributed by atoms with van der Waals surface area (Å²) in [5.74, 6) is -0.0308. The molecular weight excluding hydrogens is 184 g/mol. The first-order chi connectivity index (χ1) is 6.71. The van der Waals surface area contributed by atoms with Crippen LogP contribution in [-0.2, 0) is 9.53 Å². The lowest BCUT2D eigenvalue weighted by Gasteiger charge is -2.35. The van der Waals surface area contributed by atoms with Crippen molar-refractivity contribution in [3.63, 3.8) is 0 Å². The van der Waals surface area contributed by atoms with Crippen molar-refractivity contribution in [2.24, 2.45) is 5.92 Å². The molecule has 3 rings (SSSR count). The first-order valence-electron chi connectivity index (χ1n) is 4.97. The van der Waals surface area contributed by atoms with Gasteiger partial charge in [0, 0.05) is 25.4 Å². The number of rotatable bonds is 0. The third-order valence-electron chi connectivity index (χ3n) is 3.61. The molecule has 3 fully saturated rings. The molecule has 14 heavy (non-hydrogen) atoms. The second-order valence-corrected chi connectivity index (χ2v) is 4.27. The molecule has 2 amide bonds. The molecule has 0 aromatic rings. The van der Waals surface area contributed by atoms with Crippen molar-refractivity contribution in [3.8, 4) is 0 Å². The molecule has 76 valence electrons. The number of imide groups is 1. The fourth-order valence-electron chi connectivity index (χ4n) is 2.81. The Kier molecular flexibility index (Phi) is 1.45. The zero-order chi connectivity index (χ0) is 9.76. The van der Waals surface area contributed by atoms with E-state index in [1.165, 1.54) is 0 Å². The van der Waals surface area contributed by atoms with Gasteiger partial charge < -0.3 is 9.64 Å². The molecule has 1 spiro atoms. The van der Waals surface area contributed by atoms with E-state index in [1.54, 1.807) is 0 Å². The van der Waals surface area contributed by atoms with Gasteiger partial charge in [-0.25, -0.2) is 4.79 Å². The van der Waals surface area contributed by atoms with Crippen LogP contribution < -0.4 is 5.32 Å². The van der Waals surface area contributed by atoms with Crippen LogP contribution >= 0.6 is 0 Å². The maximum Gasteiger partial charge on any atom is 0.415 e. The molecule has 0 aromatic heterocycles. The van der Waals surface area contributed by atoms with E-state index >= 15 is 0 Å². The summed E-state index contributed by atoms with van der Waals surface area (Å²) in [6, 6.07) is 0. The van der Waals surface area contributed by atoms with Gasteiger partial charge in [0.15, 0.2) is 5.60 Å². The molecule has 3 aliphatic heterocycles. The van der Waals surface area contributed by atoms with Crippen LogP contribution in [0.15, 0.2) is 0 Å². The SMILES string of the molecule is O=C1NC(=O)C2(CCN3CCC2C3)O1. The zero-order valence-corrected chi connectivity index (χ0v) is 7.78. The Balaban J connectivity index is 1.95. The lowest BCUT2D eigenvalue weighted by molar-refractivity contribution is -0.138. The van der Waals surface area contributed by atoms with Gasteiger partial charge in [0.25, 0.3) is 5.91 Å². The minimum Gasteiger partial charge on any atom is -0.432 e. The Morgan fingerprint density at radius 3 is 3.00 bits per heavy atom. The molecular formula is C9H12N2O3. The third-order valence-corrected chi connectivity index (χ3v) is 3.61. The van der Waals surface area contributed by atoms with Gasteiger partial charge in [-0.15, -0.1) is 0 Å². The second-order valence-electron chi connectivity index (χ2n) is 4.27. The quantitative estimate of drug-likeness (QED) is 0.578. The monoisotopic (exact) mass is 196 g/mol. The van der Waals surface area contributed by atoms with Gasteiger partial charge in [0.1, 0.15) is 0 Å². The van der Waals surface area contributed by atoms with Crippen molar-refractivity contribution in [2.75, 3.05) is 19.6 Å². The van der Waals surface area contributed by atoms with Crippen molar-refractivity contribution in [1.82, 2.24) is 10.2 Å². The van der Waals surface area contributed by atoms with Crippen LogP contribution in [0.1, 0.15) is 12.8 Å². The summed E-state index contributed by atoms with van der Waals surface area (Å²) < 4.78 is 5.21. The standard InChI is InChI=1S/C9H12N2O3/c12-7-9(14-8(13)10-7)2-4-11-3-1-6(9)5-11/h6H,1-5H2,(H,10,12,13). The van der Waals surface area contributed by atoms with Crippen LogP contribution in [0.5, 0.6) is 0 Å². The van der Waals surface area contributed by atoms with E-state index in [9.17, 15) is 9.59 Å². The zero-order valence-electron chi connectivity index (χ0n) is 7.78. The van der Waals surface area contributed by atoms with E-state index in [0.717, 1.165) is 26.1 Å². The van der Waals surface area contributed by atoms with Gasteiger partial charge in [-0.05, 0) is 13.0 Å². The van der Waals surface area contributed by atoms with Crippen LogP contribution in [0.2, 0.25) is 0 Å². The van der Waals surface area contributed by atoms with Crippen molar-refractivity contribution in [3.05, 3.63) is 0 Å². The first-order valence-corrected chi connectivity index (χ1v) is 4.97. The lowest BCUT2D eigenvalue weighted by atomic mass is 9.82. The summed E-state index contributed by atoms with van der Waals surface area (Å²) in [5, 5.41) is 2.24. The van der Waals surface area contributed by atoms with Crippen molar-refractivity contribution in [2.45, 2.75) is 18.4 Å². The van der Waals surface area contributed by atoms with Crippen LogP contribution in [-0.4, -0.2) is 42.1 Å². The Morgan fingerprint density at radius 2 is 2.29 bits per heavy atom. The number of nitrogens with zero attached hydrogens (tertiary/aromatic N) is 1. The highest BCUT2D eigenvalue weighted by molar-refractivity contribution is 6.03. The predicted octanol–water partition coefficient (Wildman–Crippen LogP) is -0.283. The van der Waals surface area contributed by atoms with Crippen LogP contribution in [0.25, 0.3) is 0 Å². The van der Waals surface area contributed by atoms with Gasteiger partial charge in [-0.1, -0.05) is 0 Å². The van der Waals surface area contributed by atoms with E-state index < -0.39 is 11.7 Å². The maximum absolute atomic E-state index is 11.7. The minimum atomic E-state index is -0.829. The Hall–Kier alpha value is -1.10. The first kappa shape index (κ1) is 8.23. The summed E-state index contributed by atoms with van der Waals surface area (Å²) in [5.41, 5.74) is -0.829. The second kappa shape index (κ2) is 2.48. The topological polar surface area (TPSA) is 58.6 Å². The largest absolute Gasteiger partial charge is 0.432 e. The highest BCUT2D eigenvalue weighted by Crippen LogP contribution is 2.40. The average Bonchev–Trinajstić information content (AvgIpc) is 2.65. The van der Waals surface area contributed by atoms with Crippen molar-refractivity contribution in [1.29, 1.82) is 0 Å². The highest BCUT2D eigenvalue weighted by atomic mass is 16.6. The normalized spacial score (nSPS) is 45.4. The number of piperidine rings is 1. The third kappa shape index (κ3) is 0.877. The number of alkyl carbamates (subject to hydrolysis) is 1. The van der Waals surface area contributed by atoms with Crippen LogP contribution in [0.3, 0.4) is 0 Å². The molecule has 1 N–H and O–H groups in total. The number of fused-ring (bicyclic) bond motifs is 3. The van der Waals surface area contributed by atoms with Crippen LogP contribution in [0.4, 0.5) is 4.79 Å². The van der Waals surface area contributed by atoms with E-state index in [0.29, 0.717) is 6.42 Å². The number of hydrogen-bond donors (Lipinski definition) is 1. The molecule has 3 aliphatic rings. The number of hydrogen-bond acceptors (Lipinski definition) is 4. The summed E-state index contributed by atoms with van der Waals surface area (Å²) >= 11 is 0.